The fourth-order valence-corrected chi connectivity index (χ4v) is 2.45. The molecule has 1 atom stereocenters. The van der Waals surface area contributed by atoms with Crippen LogP contribution in [0.5, 0.6) is 0 Å². The van der Waals surface area contributed by atoms with E-state index in [9.17, 15) is 4.79 Å². The van der Waals surface area contributed by atoms with Gasteiger partial charge in [-0.05, 0) is 0 Å². The van der Waals surface area contributed by atoms with Crippen LogP contribution in [0.4, 0.5) is 0 Å². The van der Waals surface area contributed by atoms with Crippen molar-refractivity contribution >= 4 is 17.7 Å². The van der Waals surface area contributed by atoms with E-state index >= 15 is 0 Å². The number of hydrogen-bond acceptors (Lipinski definition) is 4. The zero-order valence-electron chi connectivity index (χ0n) is 8.43. The molecule has 0 bridgehead atoms. The molecule has 2 rings (SSSR count). The summed E-state index contributed by atoms with van der Waals surface area (Å²) in [5, 5.41) is 8.78. The van der Waals surface area contributed by atoms with Gasteiger partial charge in [0.1, 0.15) is 5.82 Å². The van der Waals surface area contributed by atoms with Gasteiger partial charge in [0.05, 0.1) is 11.6 Å². The number of aliphatic carboxylic acids is 1. The van der Waals surface area contributed by atoms with Crippen LogP contribution < -0.4 is 0 Å². The number of thioether (sulfide) groups is 1. The normalized spacial score (nSPS) is 16.1. The first-order valence-electron chi connectivity index (χ1n) is 4.81. The van der Waals surface area contributed by atoms with Gasteiger partial charge in [0.2, 0.25) is 0 Å². The van der Waals surface area contributed by atoms with E-state index < -0.39 is 11.9 Å². The van der Waals surface area contributed by atoms with Crippen molar-refractivity contribution in [2.45, 2.75) is 24.9 Å². The van der Waals surface area contributed by atoms with Gasteiger partial charge in [-0.1, -0.05) is 6.92 Å². The Hall–Kier alpha value is -1.10. The molecule has 0 fully saturated rings. The predicted molar refractivity (Wildman–Crippen MR) is 57.5 cm³/mol. The third kappa shape index (κ3) is 2.28. The minimum atomic E-state index is -0.798. The predicted octanol–water partition coefficient (Wildman–Crippen LogP) is 1.49. The number of carboxylic acids is 1. The van der Waals surface area contributed by atoms with Gasteiger partial charge in [0, 0.05) is 29.7 Å². The first-order chi connectivity index (χ1) is 7.16. The summed E-state index contributed by atoms with van der Waals surface area (Å²) in [6, 6.07) is 0. The van der Waals surface area contributed by atoms with Crippen molar-refractivity contribution in [1.82, 2.24) is 9.97 Å². The summed E-state index contributed by atoms with van der Waals surface area (Å²) in [6.45, 7) is 1.67. The van der Waals surface area contributed by atoms with Crippen LogP contribution in [-0.2, 0) is 22.7 Å². The van der Waals surface area contributed by atoms with Crippen molar-refractivity contribution in [1.29, 1.82) is 0 Å². The highest BCUT2D eigenvalue weighted by Gasteiger charge is 2.17. The largest absolute Gasteiger partial charge is 0.481 e. The maximum atomic E-state index is 10.7. The van der Waals surface area contributed by atoms with Crippen molar-refractivity contribution in [2.24, 2.45) is 5.92 Å². The van der Waals surface area contributed by atoms with E-state index in [2.05, 4.69) is 9.97 Å². The summed E-state index contributed by atoms with van der Waals surface area (Å²) in [4.78, 5) is 19.2. The zero-order chi connectivity index (χ0) is 10.8. The molecule has 0 aromatic carbocycles. The minimum absolute atomic E-state index is 0.410. The maximum absolute atomic E-state index is 10.7. The van der Waals surface area contributed by atoms with Crippen molar-refractivity contribution in [3.05, 3.63) is 23.3 Å². The second-order valence-electron chi connectivity index (χ2n) is 3.69. The molecule has 5 heteroatoms. The number of carboxylic acid groups (broad SMARTS) is 1. The molecule has 1 unspecified atom stereocenters. The van der Waals surface area contributed by atoms with Crippen molar-refractivity contribution in [3.63, 3.8) is 0 Å². The van der Waals surface area contributed by atoms with Crippen molar-refractivity contribution in [2.75, 3.05) is 0 Å². The Labute approximate surface area is 92.1 Å². The van der Waals surface area contributed by atoms with Gasteiger partial charge in [0.25, 0.3) is 0 Å². The van der Waals surface area contributed by atoms with Crippen LogP contribution in [0.15, 0.2) is 6.20 Å². The summed E-state index contributed by atoms with van der Waals surface area (Å²) >= 11 is 1.82. The molecule has 1 aromatic heterocycles. The molecule has 4 nitrogen and oxygen atoms in total. The molecule has 0 radical (unpaired) electrons. The molecule has 1 aromatic rings. The highest BCUT2D eigenvalue weighted by atomic mass is 32.2. The monoisotopic (exact) mass is 224 g/mol. The number of carbonyl (C=O) groups is 1. The Morgan fingerprint density at radius 3 is 3.20 bits per heavy atom. The lowest BCUT2D eigenvalue weighted by molar-refractivity contribution is -0.141. The highest BCUT2D eigenvalue weighted by Crippen LogP contribution is 2.27. The second-order valence-corrected chi connectivity index (χ2v) is 4.68. The second kappa shape index (κ2) is 4.18. The summed E-state index contributed by atoms with van der Waals surface area (Å²) in [5.74, 6) is 1.33. The zero-order valence-corrected chi connectivity index (χ0v) is 9.25. The molecule has 0 saturated heterocycles. The van der Waals surface area contributed by atoms with Crippen LogP contribution in [0, 0.1) is 5.92 Å². The van der Waals surface area contributed by atoms with Crippen molar-refractivity contribution < 1.29 is 9.90 Å². The number of hydrogen-bond donors (Lipinski definition) is 1. The van der Waals surface area contributed by atoms with Gasteiger partial charge >= 0.3 is 5.97 Å². The van der Waals surface area contributed by atoms with Crippen LogP contribution in [0.2, 0.25) is 0 Å². The van der Waals surface area contributed by atoms with Gasteiger partial charge in [-0.3, -0.25) is 4.79 Å². The molecular formula is C10H12N2O2S. The van der Waals surface area contributed by atoms with E-state index in [1.54, 1.807) is 6.92 Å². The number of aromatic nitrogens is 2. The van der Waals surface area contributed by atoms with Crippen LogP contribution in [-0.4, -0.2) is 21.0 Å². The Morgan fingerprint density at radius 2 is 2.47 bits per heavy atom. The SMILES string of the molecule is CC(Cc1ncc2c(n1)CSC2)C(=O)O. The van der Waals surface area contributed by atoms with Crippen molar-refractivity contribution in [3.8, 4) is 0 Å². The van der Waals surface area contributed by atoms with Gasteiger partial charge in [-0.25, -0.2) is 9.97 Å². The smallest absolute Gasteiger partial charge is 0.306 e. The fraction of sp³-hybridized carbons (Fsp3) is 0.500. The Morgan fingerprint density at radius 1 is 1.67 bits per heavy atom. The summed E-state index contributed by atoms with van der Waals surface area (Å²) in [7, 11) is 0. The third-order valence-corrected chi connectivity index (χ3v) is 3.40. The van der Waals surface area contributed by atoms with Gasteiger partial charge in [-0.2, -0.15) is 11.8 Å². The van der Waals surface area contributed by atoms with Crippen LogP contribution in [0.25, 0.3) is 0 Å². The summed E-state index contributed by atoms with van der Waals surface area (Å²) < 4.78 is 0. The lowest BCUT2D eigenvalue weighted by Gasteiger charge is -2.05. The standard InChI is InChI=1S/C10H12N2O2S/c1-6(10(13)14)2-9-11-3-7-4-15-5-8(7)12-9/h3,6H,2,4-5H2,1H3,(H,13,14). The van der Waals surface area contributed by atoms with Gasteiger partial charge in [0.15, 0.2) is 0 Å². The first-order valence-corrected chi connectivity index (χ1v) is 5.96. The summed E-state index contributed by atoms with van der Waals surface area (Å²) in [6.07, 6.45) is 2.24. The number of fused-ring (bicyclic) bond motifs is 1. The molecule has 0 amide bonds. The molecule has 1 aliphatic rings. The van der Waals surface area contributed by atoms with Gasteiger partial charge in [-0.15, -0.1) is 0 Å². The first kappa shape index (κ1) is 10.4. The molecule has 1 aliphatic heterocycles. The quantitative estimate of drug-likeness (QED) is 0.842. The van der Waals surface area contributed by atoms with Crippen LogP contribution in [0.3, 0.4) is 0 Å². The van der Waals surface area contributed by atoms with Crippen LogP contribution in [0.1, 0.15) is 24.0 Å². The van der Waals surface area contributed by atoms with Gasteiger partial charge < -0.3 is 5.11 Å². The van der Waals surface area contributed by atoms with E-state index in [0.29, 0.717) is 12.2 Å². The lowest BCUT2D eigenvalue weighted by Crippen LogP contribution is -2.14. The average Bonchev–Trinajstić information content (AvgIpc) is 2.64. The van der Waals surface area contributed by atoms with E-state index in [1.807, 2.05) is 18.0 Å². The average molecular weight is 224 g/mol. The highest BCUT2D eigenvalue weighted by molar-refractivity contribution is 7.98. The molecule has 80 valence electrons. The molecule has 0 aliphatic carbocycles. The topological polar surface area (TPSA) is 63.1 Å². The molecule has 1 N–H and O–H groups in total. The maximum Gasteiger partial charge on any atom is 0.306 e. The fourth-order valence-electron chi connectivity index (χ4n) is 1.45. The third-order valence-electron chi connectivity index (χ3n) is 2.41. The molecular weight excluding hydrogens is 212 g/mol. The lowest BCUT2D eigenvalue weighted by atomic mass is 10.1. The molecule has 0 saturated carbocycles. The minimum Gasteiger partial charge on any atom is -0.481 e. The van der Waals surface area contributed by atoms with E-state index in [0.717, 1.165) is 17.2 Å². The Kier molecular flexibility index (Phi) is 2.90. The Balaban J connectivity index is 2.13. The van der Waals surface area contributed by atoms with E-state index in [-0.39, 0.29) is 0 Å². The van der Waals surface area contributed by atoms with E-state index in [4.69, 9.17) is 5.11 Å². The molecule has 2 heterocycles. The molecule has 15 heavy (non-hydrogen) atoms. The molecule has 0 spiro atoms. The summed E-state index contributed by atoms with van der Waals surface area (Å²) in [5.41, 5.74) is 2.26. The number of rotatable bonds is 3. The number of nitrogens with zero attached hydrogens (tertiary/aromatic N) is 2. The van der Waals surface area contributed by atoms with Crippen LogP contribution >= 0.6 is 11.8 Å². The Bertz CT molecular complexity index is 395. The van der Waals surface area contributed by atoms with E-state index in [1.165, 1.54) is 5.56 Å².